The number of benzene rings is 1. The van der Waals surface area contributed by atoms with E-state index < -0.39 is 5.97 Å². The Bertz CT molecular complexity index is 602. The van der Waals surface area contributed by atoms with Crippen molar-refractivity contribution in [2.24, 2.45) is 0 Å². The first-order valence-electron chi connectivity index (χ1n) is 5.08. The van der Waals surface area contributed by atoms with Crippen LogP contribution in [-0.4, -0.2) is 23.0 Å². The molecule has 0 aliphatic heterocycles. The Morgan fingerprint density at radius 3 is 2.89 bits per heavy atom. The van der Waals surface area contributed by atoms with Gasteiger partial charge in [-0.05, 0) is 12.1 Å². The van der Waals surface area contributed by atoms with Crippen molar-refractivity contribution in [3.63, 3.8) is 0 Å². The molecule has 0 radical (unpaired) electrons. The highest BCUT2D eigenvalue weighted by atomic mass is 35.5. The fraction of sp³-hybridized carbons (Fsp3) is 0.0833. The first kappa shape index (κ1) is 12.3. The Morgan fingerprint density at radius 1 is 1.44 bits per heavy atom. The van der Waals surface area contributed by atoms with E-state index in [1.807, 2.05) is 6.07 Å². The number of hydrogen-bond acceptors (Lipinski definition) is 5. The summed E-state index contributed by atoms with van der Waals surface area (Å²) in [6, 6.07) is 7.07. The third-order valence-corrected chi connectivity index (χ3v) is 2.54. The maximum Gasteiger partial charge on any atom is 0.360 e. The molecule has 1 aromatic carbocycles. The van der Waals surface area contributed by atoms with Gasteiger partial charge in [0.25, 0.3) is 0 Å². The summed E-state index contributed by atoms with van der Waals surface area (Å²) in [7, 11) is 1.26. The molecule has 0 bridgehead atoms. The van der Waals surface area contributed by atoms with Crippen molar-refractivity contribution in [3.8, 4) is 11.3 Å². The lowest BCUT2D eigenvalue weighted by Gasteiger charge is -2.05. The van der Waals surface area contributed by atoms with Crippen LogP contribution in [0.3, 0.4) is 0 Å². The molecule has 2 rings (SSSR count). The highest BCUT2D eigenvalue weighted by Gasteiger charge is 2.14. The zero-order valence-electron chi connectivity index (χ0n) is 9.55. The number of halogens is 1. The maximum absolute atomic E-state index is 11.5. The summed E-state index contributed by atoms with van der Waals surface area (Å²) in [6.45, 7) is 0. The van der Waals surface area contributed by atoms with Crippen LogP contribution in [0.15, 0.2) is 30.5 Å². The van der Waals surface area contributed by atoms with Gasteiger partial charge in [0.1, 0.15) is 0 Å². The van der Waals surface area contributed by atoms with E-state index in [-0.39, 0.29) is 11.5 Å². The minimum atomic E-state index is -0.621. The highest BCUT2D eigenvalue weighted by molar-refractivity contribution is 6.30. The molecule has 0 unspecified atom stereocenters. The second-order valence-corrected chi connectivity index (χ2v) is 3.93. The number of carbonyl (C=O) groups excluding carboxylic acids is 1. The van der Waals surface area contributed by atoms with Crippen LogP contribution in [0.5, 0.6) is 0 Å². The Labute approximate surface area is 109 Å². The van der Waals surface area contributed by atoms with Gasteiger partial charge in [-0.1, -0.05) is 23.7 Å². The number of aromatic nitrogens is 2. The van der Waals surface area contributed by atoms with Gasteiger partial charge >= 0.3 is 5.97 Å². The molecule has 18 heavy (non-hydrogen) atoms. The molecule has 1 aromatic heterocycles. The molecular weight excluding hydrogens is 254 g/mol. The number of nitrogens with two attached hydrogens (primary N) is 1. The van der Waals surface area contributed by atoms with Crippen LogP contribution in [0, 0.1) is 0 Å². The first-order chi connectivity index (χ1) is 8.61. The van der Waals surface area contributed by atoms with Crippen LogP contribution >= 0.6 is 11.6 Å². The van der Waals surface area contributed by atoms with Crippen molar-refractivity contribution >= 4 is 23.4 Å². The number of esters is 1. The molecule has 0 atom stereocenters. The van der Waals surface area contributed by atoms with Crippen LogP contribution in [0.2, 0.25) is 5.02 Å². The standard InChI is InChI=1S/C12H10ClN3O2/c1-18-12(17)10-11(14)15-6-9(16-10)7-3-2-4-8(13)5-7/h2-6H,1H3,(H2,14,15). The number of nitrogens with zero attached hydrogens (tertiary/aromatic N) is 2. The fourth-order valence-electron chi connectivity index (χ4n) is 1.43. The quantitative estimate of drug-likeness (QED) is 0.840. The van der Waals surface area contributed by atoms with Gasteiger partial charge in [0.2, 0.25) is 0 Å². The number of methoxy groups -OCH3 is 1. The second kappa shape index (κ2) is 5.01. The molecule has 0 aliphatic rings. The minimum Gasteiger partial charge on any atom is -0.464 e. The zero-order chi connectivity index (χ0) is 13.1. The molecule has 0 amide bonds. The van der Waals surface area contributed by atoms with Crippen molar-refractivity contribution in [1.82, 2.24) is 9.97 Å². The van der Waals surface area contributed by atoms with E-state index in [1.54, 1.807) is 18.2 Å². The number of anilines is 1. The molecule has 2 aromatic rings. The van der Waals surface area contributed by atoms with Crippen LogP contribution < -0.4 is 5.73 Å². The molecule has 2 N–H and O–H groups in total. The van der Waals surface area contributed by atoms with Crippen LogP contribution in [-0.2, 0) is 4.74 Å². The SMILES string of the molecule is COC(=O)c1nc(-c2cccc(Cl)c2)cnc1N. The summed E-state index contributed by atoms with van der Waals surface area (Å²) in [5, 5.41) is 0.575. The second-order valence-electron chi connectivity index (χ2n) is 3.49. The summed E-state index contributed by atoms with van der Waals surface area (Å²) in [5.41, 5.74) is 6.83. The largest absolute Gasteiger partial charge is 0.464 e. The Balaban J connectivity index is 2.50. The van der Waals surface area contributed by atoms with Crippen LogP contribution in [0.1, 0.15) is 10.5 Å². The van der Waals surface area contributed by atoms with E-state index >= 15 is 0 Å². The first-order valence-corrected chi connectivity index (χ1v) is 5.46. The van der Waals surface area contributed by atoms with Crippen molar-refractivity contribution in [3.05, 3.63) is 41.2 Å². The van der Waals surface area contributed by atoms with Crippen molar-refractivity contribution < 1.29 is 9.53 Å². The van der Waals surface area contributed by atoms with Crippen molar-refractivity contribution in [1.29, 1.82) is 0 Å². The summed E-state index contributed by atoms with van der Waals surface area (Å²) < 4.78 is 4.58. The maximum atomic E-state index is 11.5. The molecule has 0 saturated carbocycles. The van der Waals surface area contributed by atoms with Gasteiger partial charge in [0, 0.05) is 10.6 Å². The van der Waals surface area contributed by atoms with Crippen molar-refractivity contribution in [2.45, 2.75) is 0 Å². The third-order valence-electron chi connectivity index (χ3n) is 2.30. The zero-order valence-corrected chi connectivity index (χ0v) is 10.3. The summed E-state index contributed by atoms with van der Waals surface area (Å²) >= 11 is 5.89. The van der Waals surface area contributed by atoms with Gasteiger partial charge in [0.15, 0.2) is 11.5 Å². The monoisotopic (exact) mass is 263 g/mol. The van der Waals surface area contributed by atoms with Gasteiger partial charge in [-0.15, -0.1) is 0 Å². The lowest BCUT2D eigenvalue weighted by atomic mass is 10.1. The van der Waals surface area contributed by atoms with Gasteiger partial charge in [-0.25, -0.2) is 14.8 Å². The molecule has 0 saturated heterocycles. The van der Waals surface area contributed by atoms with Crippen LogP contribution in [0.4, 0.5) is 5.82 Å². The van der Waals surface area contributed by atoms with E-state index in [1.165, 1.54) is 13.3 Å². The average molecular weight is 264 g/mol. The van der Waals surface area contributed by atoms with E-state index in [4.69, 9.17) is 17.3 Å². The average Bonchev–Trinajstić information content (AvgIpc) is 2.38. The summed E-state index contributed by atoms with van der Waals surface area (Å²) in [4.78, 5) is 19.5. The van der Waals surface area contributed by atoms with Crippen molar-refractivity contribution in [2.75, 3.05) is 12.8 Å². The molecule has 0 fully saturated rings. The van der Waals surface area contributed by atoms with Gasteiger partial charge in [-0.3, -0.25) is 0 Å². The lowest BCUT2D eigenvalue weighted by molar-refractivity contribution is 0.0595. The molecule has 5 nitrogen and oxygen atoms in total. The van der Waals surface area contributed by atoms with Gasteiger partial charge < -0.3 is 10.5 Å². The van der Waals surface area contributed by atoms with E-state index in [9.17, 15) is 4.79 Å². The number of rotatable bonds is 2. The Hall–Kier alpha value is -2.14. The fourth-order valence-corrected chi connectivity index (χ4v) is 1.62. The number of ether oxygens (including phenoxy) is 1. The number of hydrogen-bond donors (Lipinski definition) is 1. The predicted molar refractivity (Wildman–Crippen MR) is 68.2 cm³/mol. The smallest absolute Gasteiger partial charge is 0.360 e. The van der Waals surface area contributed by atoms with Crippen LogP contribution in [0.25, 0.3) is 11.3 Å². The van der Waals surface area contributed by atoms with E-state index in [2.05, 4.69) is 14.7 Å². The highest BCUT2D eigenvalue weighted by Crippen LogP contribution is 2.21. The number of carbonyl (C=O) groups is 1. The Morgan fingerprint density at radius 2 is 2.22 bits per heavy atom. The van der Waals surface area contributed by atoms with E-state index in [0.717, 1.165) is 5.56 Å². The molecular formula is C12H10ClN3O2. The van der Waals surface area contributed by atoms with Gasteiger partial charge in [-0.2, -0.15) is 0 Å². The molecule has 6 heteroatoms. The topological polar surface area (TPSA) is 78.1 Å². The molecule has 0 aliphatic carbocycles. The third kappa shape index (κ3) is 2.41. The summed E-state index contributed by atoms with van der Waals surface area (Å²) in [6.07, 6.45) is 1.48. The molecule has 92 valence electrons. The van der Waals surface area contributed by atoms with Gasteiger partial charge in [0.05, 0.1) is 19.0 Å². The molecule has 1 heterocycles. The lowest BCUT2D eigenvalue weighted by Crippen LogP contribution is -2.10. The Kier molecular flexibility index (Phi) is 3.43. The van der Waals surface area contributed by atoms with E-state index in [0.29, 0.717) is 10.7 Å². The minimum absolute atomic E-state index is 0.00465. The number of nitrogen functional groups attached to an aromatic ring is 1. The summed E-state index contributed by atoms with van der Waals surface area (Å²) in [5.74, 6) is -0.587. The predicted octanol–water partition coefficient (Wildman–Crippen LogP) is 2.17. The normalized spacial score (nSPS) is 10.1. The molecule has 0 spiro atoms.